The van der Waals surface area contributed by atoms with Crippen LogP contribution in [0.2, 0.25) is 5.02 Å². The van der Waals surface area contributed by atoms with Crippen molar-refractivity contribution < 1.29 is 4.79 Å². The molecule has 0 bridgehead atoms. The van der Waals surface area contributed by atoms with E-state index in [-0.39, 0.29) is 17.4 Å². The molecule has 8 heteroatoms. The summed E-state index contributed by atoms with van der Waals surface area (Å²) in [7, 11) is 1.51. The molecule has 7 nitrogen and oxygen atoms in total. The van der Waals surface area contributed by atoms with Crippen molar-refractivity contribution in [2.45, 2.75) is 0 Å². The molecule has 0 spiro atoms. The minimum atomic E-state index is -0.388. The van der Waals surface area contributed by atoms with Crippen molar-refractivity contribution in [3.05, 3.63) is 45.6 Å². The second-order valence-electron chi connectivity index (χ2n) is 5.16. The lowest BCUT2D eigenvalue weighted by molar-refractivity contribution is 0.0734. The zero-order valence-electron chi connectivity index (χ0n) is 12.1. The number of anilines is 1. The van der Waals surface area contributed by atoms with E-state index in [2.05, 4.69) is 15.0 Å². The Hall–Kier alpha value is -2.28. The Balaban J connectivity index is 1.66. The number of amides is 1. The van der Waals surface area contributed by atoms with E-state index in [0.717, 1.165) is 10.4 Å². The quantitative estimate of drug-likeness (QED) is 0.884. The Bertz CT molecular complexity index is 746. The molecule has 0 aliphatic carbocycles. The number of hydrogen-bond acceptors (Lipinski definition) is 4. The van der Waals surface area contributed by atoms with Gasteiger partial charge >= 0.3 is 5.69 Å². The number of benzene rings is 1. The van der Waals surface area contributed by atoms with Crippen LogP contribution in [0.1, 0.15) is 10.6 Å². The fraction of sp³-hybridized carbons (Fsp3) is 0.357. The van der Waals surface area contributed by atoms with Crippen LogP contribution in [-0.2, 0) is 7.05 Å². The summed E-state index contributed by atoms with van der Waals surface area (Å²) in [4.78, 5) is 30.0. The molecule has 1 aliphatic heterocycles. The molecule has 1 amide bonds. The van der Waals surface area contributed by atoms with Crippen LogP contribution in [-0.4, -0.2) is 51.8 Å². The molecule has 1 saturated heterocycles. The van der Waals surface area contributed by atoms with Gasteiger partial charge in [-0.25, -0.2) is 9.48 Å². The number of nitrogens with zero attached hydrogens (tertiary/aromatic N) is 4. The third-order valence-electron chi connectivity index (χ3n) is 3.71. The van der Waals surface area contributed by atoms with Crippen LogP contribution in [0.25, 0.3) is 0 Å². The Labute approximate surface area is 132 Å². The lowest BCUT2D eigenvalue weighted by Crippen LogP contribution is -2.49. The first-order chi connectivity index (χ1) is 10.5. The van der Waals surface area contributed by atoms with Gasteiger partial charge in [-0.3, -0.25) is 9.78 Å². The standard InChI is InChI=1S/C14H16ClN5O2/c1-18-14(22)16-12(17-18)13(21)20-7-5-19(6-8-20)11-4-2-3-10(15)9-11/h2-4,9H,5-8H2,1H3,(H,16,17,22). The third kappa shape index (κ3) is 2.85. The number of aryl methyl sites for hydroxylation is 1. The van der Waals surface area contributed by atoms with Crippen LogP contribution in [0.15, 0.2) is 29.1 Å². The summed E-state index contributed by atoms with van der Waals surface area (Å²) in [5, 5.41) is 4.60. The number of aromatic amines is 1. The van der Waals surface area contributed by atoms with Crippen LogP contribution in [0.3, 0.4) is 0 Å². The molecule has 116 valence electrons. The molecule has 0 unspecified atom stereocenters. The molecule has 1 aliphatic rings. The highest BCUT2D eigenvalue weighted by Gasteiger charge is 2.24. The summed E-state index contributed by atoms with van der Waals surface area (Å²) in [6.07, 6.45) is 0. The van der Waals surface area contributed by atoms with Gasteiger partial charge in [0.05, 0.1) is 0 Å². The maximum Gasteiger partial charge on any atom is 0.343 e. The van der Waals surface area contributed by atoms with Gasteiger partial charge in [-0.15, -0.1) is 5.10 Å². The van der Waals surface area contributed by atoms with Crippen molar-refractivity contribution >= 4 is 23.2 Å². The average molecular weight is 322 g/mol. The smallest absolute Gasteiger partial charge is 0.343 e. The zero-order chi connectivity index (χ0) is 15.7. The summed E-state index contributed by atoms with van der Waals surface area (Å²) in [6.45, 7) is 2.57. The van der Waals surface area contributed by atoms with E-state index < -0.39 is 0 Å². The largest absolute Gasteiger partial charge is 0.368 e. The van der Waals surface area contributed by atoms with Crippen molar-refractivity contribution in [3.63, 3.8) is 0 Å². The van der Waals surface area contributed by atoms with Gasteiger partial charge in [0.1, 0.15) is 0 Å². The van der Waals surface area contributed by atoms with Crippen LogP contribution in [0, 0.1) is 0 Å². The normalized spacial score (nSPS) is 15.2. The van der Waals surface area contributed by atoms with Gasteiger partial charge in [0.25, 0.3) is 5.91 Å². The molecular weight excluding hydrogens is 306 g/mol. The summed E-state index contributed by atoms with van der Waals surface area (Å²) >= 11 is 6.00. The number of nitrogens with one attached hydrogen (secondary N) is 1. The summed E-state index contributed by atoms with van der Waals surface area (Å²) in [5.74, 6) is -0.160. The second-order valence-corrected chi connectivity index (χ2v) is 5.60. The van der Waals surface area contributed by atoms with Gasteiger partial charge < -0.3 is 9.80 Å². The van der Waals surface area contributed by atoms with Crippen LogP contribution < -0.4 is 10.6 Å². The number of halogens is 1. The molecule has 2 heterocycles. The maximum atomic E-state index is 12.3. The Morgan fingerprint density at radius 1 is 1.27 bits per heavy atom. The van der Waals surface area contributed by atoms with Crippen LogP contribution >= 0.6 is 11.6 Å². The minimum absolute atomic E-state index is 0.0868. The van der Waals surface area contributed by atoms with Crippen molar-refractivity contribution in [2.24, 2.45) is 7.05 Å². The summed E-state index contributed by atoms with van der Waals surface area (Å²) in [6, 6.07) is 7.66. The fourth-order valence-electron chi connectivity index (χ4n) is 2.49. The van der Waals surface area contributed by atoms with E-state index in [1.165, 1.54) is 7.05 Å². The first kappa shape index (κ1) is 14.6. The van der Waals surface area contributed by atoms with Crippen molar-refractivity contribution in [3.8, 4) is 0 Å². The molecule has 1 aromatic heterocycles. The van der Waals surface area contributed by atoms with Gasteiger partial charge in [-0.05, 0) is 18.2 Å². The fourth-order valence-corrected chi connectivity index (χ4v) is 2.67. The van der Waals surface area contributed by atoms with E-state index in [4.69, 9.17) is 11.6 Å². The van der Waals surface area contributed by atoms with E-state index in [9.17, 15) is 9.59 Å². The first-order valence-electron chi connectivity index (χ1n) is 6.98. The number of hydrogen-bond donors (Lipinski definition) is 1. The van der Waals surface area contributed by atoms with Crippen LogP contribution in [0.5, 0.6) is 0 Å². The van der Waals surface area contributed by atoms with Crippen LogP contribution in [0.4, 0.5) is 5.69 Å². The lowest BCUT2D eigenvalue weighted by Gasteiger charge is -2.35. The van der Waals surface area contributed by atoms with Crippen molar-refractivity contribution in [2.75, 3.05) is 31.1 Å². The topological polar surface area (TPSA) is 74.2 Å². The van der Waals surface area contributed by atoms with Crippen molar-refractivity contribution in [1.29, 1.82) is 0 Å². The number of H-pyrrole nitrogens is 1. The van der Waals surface area contributed by atoms with E-state index in [1.807, 2.05) is 24.3 Å². The summed E-state index contributed by atoms with van der Waals surface area (Å²) < 4.78 is 1.12. The monoisotopic (exact) mass is 321 g/mol. The number of piperazine rings is 1. The highest BCUT2D eigenvalue weighted by molar-refractivity contribution is 6.30. The molecular formula is C14H16ClN5O2. The molecule has 0 atom stereocenters. The Kier molecular flexibility index (Phi) is 3.89. The lowest BCUT2D eigenvalue weighted by atomic mass is 10.2. The number of carbonyl (C=O) groups excluding carboxylic acids is 1. The molecule has 22 heavy (non-hydrogen) atoms. The van der Waals surface area contributed by atoms with E-state index in [0.29, 0.717) is 31.2 Å². The first-order valence-corrected chi connectivity index (χ1v) is 7.35. The second kappa shape index (κ2) is 5.84. The van der Waals surface area contributed by atoms with Gasteiger partial charge in [0.2, 0.25) is 5.82 Å². The highest BCUT2D eigenvalue weighted by Crippen LogP contribution is 2.20. The molecule has 1 fully saturated rings. The average Bonchev–Trinajstić information content (AvgIpc) is 2.86. The number of rotatable bonds is 2. The molecule has 0 radical (unpaired) electrons. The van der Waals surface area contributed by atoms with Gasteiger partial charge in [-0.2, -0.15) is 0 Å². The minimum Gasteiger partial charge on any atom is -0.368 e. The number of carbonyl (C=O) groups is 1. The summed E-state index contributed by atoms with van der Waals surface area (Å²) in [5.41, 5.74) is 0.659. The molecule has 0 saturated carbocycles. The highest BCUT2D eigenvalue weighted by atomic mass is 35.5. The SMILES string of the molecule is Cn1nc(C(=O)N2CCN(c3cccc(Cl)c3)CC2)[nH]c1=O. The molecule has 1 aromatic carbocycles. The van der Waals surface area contributed by atoms with E-state index >= 15 is 0 Å². The predicted molar refractivity (Wildman–Crippen MR) is 83.4 cm³/mol. The zero-order valence-corrected chi connectivity index (χ0v) is 12.9. The van der Waals surface area contributed by atoms with Gasteiger partial charge in [0, 0.05) is 43.9 Å². The van der Waals surface area contributed by atoms with Gasteiger partial charge in [0.15, 0.2) is 0 Å². The molecule has 2 aromatic rings. The molecule has 1 N–H and O–H groups in total. The number of aromatic nitrogens is 3. The maximum absolute atomic E-state index is 12.3. The Morgan fingerprint density at radius 3 is 2.59 bits per heavy atom. The molecule has 3 rings (SSSR count). The predicted octanol–water partition coefficient (Wildman–Crippen LogP) is 0.724. The van der Waals surface area contributed by atoms with Crippen molar-refractivity contribution in [1.82, 2.24) is 19.7 Å². The van der Waals surface area contributed by atoms with E-state index in [1.54, 1.807) is 4.90 Å². The third-order valence-corrected chi connectivity index (χ3v) is 3.95. The Morgan fingerprint density at radius 2 is 2.00 bits per heavy atom. The van der Waals surface area contributed by atoms with Gasteiger partial charge in [-0.1, -0.05) is 17.7 Å².